The van der Waals surface area contributed by atoms with E-state index in [-0.39, 0.29) is 11.7 Å². The number of anilines is 2. The van der Waals surface area contributed by atoms with Crippen molar-refractivity contribution in [2.75, 3.05) is 12.4 Å². The van der Waals surface area contributed by atoms with E-state index in [9.17, 15) is 9.90 Å². The summed E-state index contributed by atoms with van der Waals surface area (Å²) in [6, 6.07) is 25.9. The first-order valence-corrected chi connectivity index (χ1v) is 11.8. The molecular weight excluding hydrogens is 462 g/mol. The van der Waals surface area contributed by atoms with Gasteiger partial charge in [-0.3, -0.25) is 0 Å². The Labute approximate surface area is 205 Å². The number of carbonyl (C=O) groups is 1. The molecule has 9 heteroatoms. The Balaban J connectivity index is 1.45. The van der Waals surface area contributed by atoms with Gasteiger partial charge in [0.1, 0.15) is 11.6 Å². The Kier molecular flexibility index (Phi) is 6.32. The van der Waals surface area contributed by atoms with Crippen molar-refractivity contribution in [2.45, 2.75) is 10.9 Å². The van der Waals surface area contributed by atoms with Crippen LogP contribution in [0.15, 0.2) is 90.1 Å². The fraction of sp³-hybridized carbons (Fsp3) is 0.0769. The number of aromatic hydroxyl groups is 1. The molecule has 0 saturated heterocycles. The molecule has 0 aliphatic rings. The average molecular weight is 484 g/mol. The van der Waals surface area contributed by atoms with Crippen LogP contribution in [0.4, 0.5) is 11.5 Å². The molecule has 5 rings (SSSR count). The summed E-state index contributed by atoms with van der Waals surface area (Å²) in [4.78, 5) is 21.0. The molecule has 0 aliphatic heterocycles. The van der Waals surface area contributed by atoms with Crippen molar-refractivity contribution in [3.8, 4) is 17.0 Å². The molecule has 0 aliphatic carbocycles. The zero-order valence-corrected chi connectivity index (χ0v) is 19.6. The Morgan fingerprint density at radius 2 is 1.74 bits per heavy atom. The van der Waals surface area contributed by atoms with E-state index in [2.05, 4.69) is 15.4 Å². The van der Waals surface area contributed by atoms with Gasteiger partial charge in [-0.05, 0) is 42.0 Å². The highest BCUT2D eigenvalue weighted by Gasteiger charge is 2.14. The number of esters is 1. The van der Waals surface area contributed by atoms with Crippen molar-refractivity contribution in [1.29, 1.82) is 0 Å². The number of nitrogens with one attached hydrogen (secondary N) is 1. The lowest BCUT2D eigenvalue weighted by molar-refractivity contribution is 0.0600. The van der Waals surface area contributed by atoms with Crippen LogP contribution >= 0.6 is 11.8 Å². The molecule has 174 valence electrons. The van der Waals surface area contributed by atoms with Gasteiger partial charge < -0.3 is 15.2 Å². The second-order valence-electron chi connectivity index (χ2n) is 7.65. The maximum atomic E-state index is 11.6. The van der Waals surface area contributed by atoms with Crippen LogP contribution in [0.1, 0.15) is 15.9 Å². The smallest absolute Gasteiger partial charge is 0.337 e. The summed E-state index contributed by atoms with van der Waals surface area (Å²) >= 11 is 1.48. The van der Waals surface area contributed by atoms with Crippen molar-refractivity contribution in [2.24, 2.45) is 0 Å². The predicted octanol–water partition coefficient (Wildman–Crippen LogP) is 5.32. The van der Waals surface area contributed by atoms with Crippen LogP contribution in [0.3, 0.4) is 0 Å². The molecule has 0 atom stereocenters. The largest absolute Gasteiger partial charge is 0.508 e. The van der Waals surface area contributed by atoms with Gasteiger partial charge in [-0.15, -0.1) is 5.10 Å². The van der Waals surface area contributed by atoms with E-state index < -0.39 is 0 Å². The van der Waals surface area contributed by atoms with Crippen LogP contribution in [0.2, 0.25) is 0 Å². The fourth-order valence-electron chi connectivity index (χ4n) is 3.45. The normalized spacial score (nSPS) is 10.9. The highest BCUT2D eigenvalue weighted by Crippen LogP contribution is 2.27. The standard InChI is InChI=1S/C26H21N5O3S/c1-34-24(33)19-9-7-17(8-10-19)16-35-26-29-25-28-22(18-5-3-2-4-6-18)15-23(31(25)30-26)27-20-11-13-21(32)14-12-20/h2-15,27,32H,16H2,1H3. The second-order valence-corrected chi connectivity index (χ2v) is 8.59. The van der Waals surface area contributed by atoms with Crippen molar-refractivity contribution < 1.29 is 14.6 Å². The van der Waals surface area contributed by atoms with E-state index in [0.29, 0.717) is 28.1 Å². The first kappa shape index (κ1) is 22.4. The van der Waals surface area contributed by atoms with Gasteiger partial charge in [0.05, 0.1) is 18.4 Å². The molecule has 3 aromatic carbocycles. The quantitative estimate of drug-likeness (QED) is 0.182. The van der Waals surface area contributed by atoms with Gasteiger partial charge in [0, 0.05) is 23.1 Å². The highest BCUT2D eigenvalue weighted by atomic mass is 32.2. The second kappa shape index (κ2) is 9.86. The molecule has 0 fully saturated rings. The van der Waals surface area contributed by atoms with Gasteiger partial charge in [0.25, 0.3) is 5.78 Å². The predicted molar refractivity (Wildman–Crippen MR) is 135 cm³/mol. The van der Waals surface area contributed by atoms with E-state index in [0.717, 1.165) is 22.5 Å². The lowest BCUT2D eigenvalue weighted by Crippen LogP contribution is -2.02. The summed E-state index contributed by atoms with van der Waals surface area (Å²) in [6.07, 6.45) is 0. The van der Waals surface area contributed by atoms with Crippen molar-refractivity contribution in [3.63, 3.8) is 0 Å². The summed E-state index contributed by atoms with van der Waals surface area (Å²) in [5.74, 6) is 1.63. The average Bonchev–Trinajstić information content (AvgIpc) is 3.32. The lowest BCUT2D eigenvalue weighted by atomic mass is 10.1. The molecule has 0 unspecified atom stereocenters. The van der Waals surface area contributed by atoms with E-state index in [1.165, 1.54) is 18.9 Å². The Hall–Kier alpha value is -4.37. The third-order valence-electron chi connectivity index (χ3n) is 5.24. The fourth-order valence-corrected chi connectivity index (χ4v) is 4.23. The number of phenols is 1. The zero-order valence-electron chi connectivity index (χ0n) is 18.8. The number of ether oxygens (including phenoxy) is 1. The van der Waals surface area contributed by atoms with Gasteiger partial charge >= 0.3 is 5.97 Å². The molecule has 0 amide bonds. The summed E-state index contributed by atoms with van der Waals surface area (Å²) in [5, 5.41) is 18.2. The maximum absolute atomic E-state index is 11.6. The molecule has 0 saturated carbocycles. The van der Waals surface area contributed by atoms with Crippen LogP contribution < -0.4 is 5.32 Å². The third kappa shape index (κ3) is 5.10. The number of hydrogen-bond acceptors (Lipinski definition) is 8. The molecule has 2 heterocycles. The topological polar surface area (TPSA) is 102 Å². The van der Waals surface area contributed by atoms with Gasteiger partial charge in [-0.1, -0.05) is 54.2 Å². The van der Waals surface area contributed by atoms with Gasteiger partial charge in [0.2, 0.25) is 5.16 Å². The molecule has 5 aromatic rings. The summed E-state index contributed by atoms with van der Waals surface area (Å²) < 4.78 is 6.42. The monoisotopic (exact) mass is 483 g/mol. The molecule has 0 radical (unpaired) electrons. The Bertz CT molecular complexity index is 1470. The van der Waals surface area contributed by atoms with Crippen LogP contribution in [0, 0.1) is 0 Å². The minimum absolute atomic E-state index is 0.194. The van der Waals surface area contributed by atoms with E-state index in [1.807, 2.05) is 48.5 Å². The highest BCUT2D eigenvalue weighted by molar-refractivity contribution is 7.98. The van der Waals surface area contributed by atoms with Gasteiger partial charge in [0.15, 0.2) is 0 Å². The molecule has 35 heavy (non-hydrogen) atoms. The summed E-state index contributed by atoms with van der Waals surface area (Å²) in [7, 11) is 1.36. The molecule has 8 nitrogen and oxygen atoms in total. The lowest BCUT2D eigenvalue weighted by Gasteiger charge is -2.10. The minimum Gasteiger partial charge on any atom is -0.508 e. The number of thioether (sulfide) groups is 1. The van der Waals surface area contributed by atoms with Crippen molar-refractivity contribution in [1.82, 2.24) is 19.6 Å². The van der Waals surface area contributed by atoms with Crippen LogP contribution in [0.25, 0.3) is 17.0 Å². The number of rotatable bonds is 7. The van der Waals surface area contributed by atoms with E-state index >= 15 is 0 Å². The maximum Gasteiger partial charge on any atom is 0.337 e. The summed E-state index contributed by atoms with van der Waals surface area (Å²) in [6.45, 7) is 0. The molecule has 2 N–H and O–H groups in total. The van der Waals surface area contributed by atoms with E-state index in [4.69, 9.17) is 9.72 Å². The minimum atomic E-state index is -0.361. The number of methoxy groups -OCH3 is 1. The first-order chi connectivity index (χ1) is 17.1. The SMILES string of the molecule is COC(=O)c1ccc(CSc2nc3nc(-c4ccccc4)cc(Nc4ccc(O)cc4)n3n2)cc1. The third-order valence-corrected chi connectivity index (χ3v) is 6.15. The number of fused-ring (bicyclic) bond motifs is 1. The van der Waals surface area contributed by atoms with Crippen molar-refractivity contribution in [3.05, 3.63) is 96.1 Å². The van der Waals surface area contributed by atoms with Crippen LogP contribution in [0.5, 0.6) is 5.75 Å². The van der Waals surface area contributed by atoms with Gasteiger partial charge in [-0.2, -0.15) is 9.50 Å². The number of nitrogens with zero attached hydrogens (tertiary/aromatic N) is 4. The number of aromatic nitrogens is 4. The number of carbonyl (C=O) groups excluding carboxylic acids is 1. The molecule has 2 aromatic heterocycles. The Morgan fingerprint density at radius 1 is 1.00 bits per heavy atom. The van der Waals surface area contributed by atoms with Gasteiger partial charge in [-0.25, -0.2) is 9.78 Å². The molecular formula is C26H21N5O3S. The molecule has 0 bridgehead atoms. The van der Waals surface area contributed by atoms with E-state index in [1.54, 1.807) is 40.9 Å². The number of phenolic OH excluding ortho intramolecular Hbond substituents is 1. The van der Waals surface area contributed by atoms with Crippen LogP contribution in [-0.2, 0) is 10.5 Å². The number of benzene rings is 3. The zero-order chi connectivity index (χ0) is 24.2. The first-order valence-electron chi connectivity index (χ1n) is 10.8. The van der Waals surface area contributed by atoms with Crippen molar-refractivity contribution >= 4 is 35.0 Å². The molecule has 0 spiro atoms. The Morgan fingerprint density at radius 3 is 2.46 bits per heavy atom. The summed E-state index contributed by atoms with van der Waals surface area (Å²) in [5.41, 5.74) is 4.06. The number of hydrogen-bond donors (Lipinski definition) is 2. The van der Waals surface area contributed by atoms with Crippen LogP contribution in [-0.4, -0.2) is 37.8 Å².